The molecule has 0 spiro atoms. The number of hydrogen-bond acceptors (Lipinski definition) is 4. The first kappa shape index (κ1) is 15.4. The molecule has 0 fully saturated rings. The molecule has 5 nitrogen and oxygen atoms in total. The van der Waals surface area contributed by atoms with Gasteiger partial charge in [0.15, 0.2) is 0 Å². The molecule has 1 aromatic rings. The van der Waals surface area contributed by atoms with Gasteiger partial charge in [-0.15, -0.1) is 0 Å². The number of carbonyl (C=O) groups is 2. The molecule has 1 rings (SSSR count). The van der Waals surface area contributed by atoms with E-state index in [0.29, 0.717) is 0 Å². The summed E-state index contributed by atoms with van der Waals surface area (Å²) in [4.78, 5) is 22.8. The fraction of sp³-hybridized carbons (Fsp3) is 0.267. The minimum absolute atomic E-state index is 0.0249. The monoisotopic (exact) mass is 273 g/mol. The number of nitriles is 1. The van der Waals surface area contributed by atoms with E-state index in [1.165, 1.54) is 18.2 Å². The predicted octanol–water partition coefficient (Wildman–Crippen LogP) is 2.49. The highest BCUT2D eigenvalue weighted by atomic mass is 16.5. The van der Waals surface area contributed by atoms with Crippen LogP contribution in [0.5, 0.6) is 0 Å². The summed E-state index contributed by atoms with van der Waals surface area (Å²) in [5.41, 5.74) is 0.0920. The largest absolute Gasteiger partial charge is 0.478 e. The molecule has 1 N–H and O–H groups in total. The zero-order chi connectivity index (χ0) is 15.1. The summed E-state index contributed by atoms with van der Waals surface area (Å²) in [6.45, 7) is 3.96. The number of aromatic carboxylic acids is 1. The van der Waals surface area contributed by atoms with E-state index in [9.17, 15) is 9.59 Å². The SMILES string of the molecule is CC(C)COC(=O)C(C#N)=Cc1ccccc1C(=O)O. The number of carboxylic acids is 1. The quantitative estimate of drug-likeness (QED) is 0.506. The number of hydrogen-bond donors (Lipinski definition) is 1. The maximum atomic E-state index is 11.7. The average molecular weight is 273 g/mol. The van der Waals surface area contributed by atoms with Crippen LogP contribution in [0.4, 0.5) is 0 Å². The topological polar surface area (TPSA) is 87.4 Å². The average Bonchev–Trinajstić information content (AvgIpc) is 2.42. The highest BCUT2D eigenvalue weighted by Gasteiger charge is 2.14. The number of rotatable bonds is 5. The Labute approximate surface area is 117 Å². The molecular weight excluding hydrogens is 258 g/mol. The van der Waals surface area contributed by atoms with Gasteiger partial charge in [-0.25, -0.2) is 9.59 Å². The molecule has 0 unspecified atom stereocenters. The van der Waals surface area contributed by atoms with E-state index in [1.807, 2.05) is 13.8 Å². The van der Waals surface area contributed by atoms with Gasteiger partial charge in [-0.1, -0.05) is 32.0 Å². The molecule has 5 heteroatoms. The zero-order valence-corrected chi connectivity index (χ0v) is 11.3. The molecule has 0 aliphatic heterocycles. The summed E-state index contributed by atoms with van der Waals surface area (Å²) in [5, 5.41) is 18.0. The van der Waals surface area contributed by atoms with Gasteiger partial charge in [0, 0.05) is 0 Å². The first-order valence-electron chi connectivity index (χ1n) is 6.07. The summed E-state index contributed by atoms with van der Waals surface area (Å²) in [6, 6.07) is 7.87. The highest BCUT2D eigenvalue weighted by Crippen LogP contribution is 2.14. The fourth-order valence-corrected chi connectivity index (χ4v) is 1.43. The van der Waals surface area contributed by atoms with Gasteiger partial charge in [-0.2, -0.15) is 5.26 Å². The lowest BCUT2D eigenvalue weighted by molar-refractivity contribution is -0.139. The fourth-order valence-electron chi connectivity index (χ4n) is 1.43. The van der Waals surface area contributed by atoms with Crippen molar-refractivity contribution in [2.45, 2.75) is 13.8 Å². The molecule has 0 aliphatic carbocycles. The Bertz CT molecular complexity index is 582. The summed E-state index contributed by atoms with van der Waals surface area (Å²) >= 11 is 0. The Morgan fingerprint density at radius 2 is 2.05 bits per heavy atom. The van der Waals surface area contributed by atoms with Crippen molar-refractivity contribution in [3.05, 3.63) is 41.0 Å². The Morgan fingerprint density at radius 1 is 1.40 bits per heavy atom. The molecule has 20 heavy (non-hydrogen) atoms. The smallest absolute Gasteiger partial charge is 0.348 e. The van der Waals surface area contributed by atoms with E-state index in [4.69, 9.17) is 15.1 Å². The van der Waals surface area contributed by atoms with Gasteiger partial charge in [-0.3, -0.25) is 0 Å². The van der Waals surface area contributed by atoms with E-state index in [2.05, 4.69) is 0 Å². The van der Waals surface area contributed by atoms with E-state index < -0.39 is 11.9 Å². The molecule has 0 heterocycles. The normalized spacial score (nSPS) is 11.0. The van der Waals surface area contributed by atoms with Gasteiger partial charge < -0.3 is 9.84 Å². The second-order valence-corrected chi connectivity index (χ2v) is 4.55. The van der Waals surface area contributed by atoms with Crippen molar-refractivity contribution in [2.24, 2.45) is 5.92 Å². The number of nitrogens with zero attached hydrogens (tertiary/aromatic N) is 1. The van der Waals surface area contributed by atoms with Crippen molar-refractivity contribution in [1.29, 1.82) is 5.26 Å². The zero-order valence-electron chi connectivity index (χ0n) is 11.3. The van der Waals surface area contributed by atoms with Crippen LogP contribution in [-0.4, -0.2) is 23.7 Å². The molecule has 0 aromatic heterocycles. The van der Waals surface area contributed by atoms with Crippen molar-refractivity contribution in [1.82, 2.24) is 0 Å². The van der Waals surface area contributed by atoms with E-state index in [0.717, 1.165) is 0 Å². The highest BCUT2D eigenvalue weighted by molar-refractivity contribution is 6.00. The van der Waals surface area contributed by atoms with Gasteiger partial charge in [0.2, 0.25) is 0 Å². The first-order valence-corrected chi connectivity index (χ1v) is 6.07. The molecule has 0 saturated heterocycles. The number of benzene rings is 1. The molecule has 0 amide bonds. The standard InChI is InChI=1S/C15H15NO4/c1-10(2)9-20-15(19)12(8-16)7-11-5-3-4-6-13(11)14(17)18/h3-7,10H,9H2,1-2H3,(H,17,18). The summed E-state index contributed by atoms with van der Waals surface area (Å²) in [7, 11) is 0. The summed E-state index contributed by atoms with van der Waals surface area (Å²) in [6.07, 6.45) is 1.23. The van der Waals surface area contributed by atoms with Crippen LogP contribution in [0.15, 0.2) is 29.8 Å². The molecule has 0 radical (unpaired) electrons. The molecule has 0 bridgehead atoms. The maximum absolute atomic E-state index is 11.7. The van der Waals surface area contributed by atoms with Gasteiger partial charge in [0.1, 0.15) is 11.6 Å². The van der Waals surface area contributed by atoms with Gasteiger partial charge in [-0.05, 0) is 23.6 Å². The van der Waals surface area contributed by atoms with Crippen LogP contribution in [0.2, 0.25) is 0 Å². The number of carbonyl (C=O) groups excluding carboxylic acids is 1. The Balaban J connectivity index is 3.04. The molecular formula is C15H15NO4. The molecule has 104 valence electrons. The second kappa shape index (κ2) is 7.10. The van der Waals surface area contributed by atoms with E-state index in [1.54, 1.807) is 18.2 Å². The Hall–Kier alpha value is -2.61. The van der Waals surface area contributed by atoms with E-state index in [-0.39, 0.29) is 29.2 Å². The van der Waals surface area contributed by atoms with Gasteiger partial charge in [0.05, 0.1) is 12.2 Å². The summed E-state index contributed by atoms with van der Waals surface area (Å²) < 4.78 is 4.95. The van der Waals surface area contributed by atoms with Crippen LogP contribution < -0.4 is 0 Å². The lowest BCUT2D eigenvalue weighted by Gasteiger charge is -2.06. The minimum Gasteiger partial charge on any atom is -0.478 e. The number of ether oxygens (including phenoxy) is 1. The van der Waals surface area contributed by atoms with Crippen LogP contribution in [0.3, 0.4) is 0 Å². The lowest BCUT2D eigenvalue weighted by atomic mass is 10.0. The van der Waals surface area contributed by atoms with Crippen molar-refractivity contribution < 1.29 is 19.4 Å². The van der Waals surface area contributed by atoms with Crippen molar-refractivity contribution in [2.75, 3.05) is 6.61 Å². The molecule has 0 saturated carbocycles. The van der Waals surface area contributed by atoms with Crippen LogP contribution >= 0.6 is 0 Å². The van der Waals surface area contributed by atoms with Crippen molar-refractivity contribution in [3.8, 4) is 6.07 Å². The van der Waals surface area contributed by atoms with Crippen LogP contribution in [0, 0.1) is 17.2 Å². The van der Waals surface area contributed by atoms with Crippen LogP contribution in [-0.2, 0) is 9.53 Å². The van der Waals surface area contributed by atoms with Crippen LogP contribution in [0.25, 0.3) is 6.08 Å². The minimum atomic E-state index is -1.12. The van der Waals surface area contributed by atoms with Crippen molar-refractivity contribution in [3.63, 3.8) is 0 Å². The van der Waals surface area contributed by atoms with E-state index >= 15 is 0 Å². The Morgan fingerprint density at radius 3 is 2.60 bits per heavy atom. The molecule has 1 aromatic carbocycles. The van der Waals surface area contributed by atoms with Crippen molar-refractivity contribution >= 4 is 18.0 Å². The maximum Gasteiger partial charge on any atom is 0.348 e. The third-order valence-electron chi connectivity index (χ3n) is 2.38. The van der Waals surface area contributed by atoms with Gasteiger partial charge >= 0.3 is 11.9 Å². The number of carboxylic acid groups (broad SMARTS) is 1. The summed E-state index contributed by atoms with van der Waals surface area (Å²) in [5.74, 6) is -1.71. The Kier molecular flexibility index (Phi) is 5.48. The van der Waals surface area contributed by atoms with Gasteiger partial charge in [0.25, 0.3) is 0 Å². The lowest BCUT2D eigenvalue weighted by Crippen LogP contribution is -2.11. The second-order valence-electron chi connectivity index (χ2n) is 4.55. The third-order valence-corrected chi connectivity index (χ3v) is 2.38. The van der Waals surface area contributed by atoms with Crippen LogP contribution in [0.1, 0.15) is 29.8 Å². The predicted molar refractivity (Wildman–Crippen MR) is 72.8 cm³/mol. The molecule has 0 aliphatic rings. The molecule has 0 atom stereocenters. The third kappa shape index (κ3) is 4.25. The number of esters is 1. The first-order chi connectivity index (χ1) is 9.45.